The van der Waals surface area contributed by atoms with Crippen molar-refractivity contribution < 1.29 is 9.59 Å². The van der Waals surface area contributed by atoms with Crippen LogP contribution in [0.25, 0.3) is 0 Å². The summed E-state index contributed by atoms with van der Waals surface area (Å²) in [5.41, 5.74) is 7.63. The number of amides is 2. The molecule has 0 radical (unpaired) electrons. The Bertz CT molecular complexity index is 564. The Hall–Kier alpha value is -1.88. The van der Waals surface area contributed by atoms with E-state index in [1.165, 1.54) is 0 Å². The van der Waals surface area contributed by atoms with Crippen molar-refractivity contribution in [2.24, 2.45) is 11.7 Å². The van der Waals surface area contributed by atoms with Gasteiger partial charge in [-0.1, -0.05) is 12.1 Å². The van der Waals surface area contributed by atoms with Gasteiger partial charge < -0.3 is 16.0 Å². The van der Waals surface area contributed by atoms with Crippen LogP contribution in [-0.2, 0) is 16.0 Å². The molecule has 0 bridgehead atoms. The van der Waals surface area contributed by atoms with Crippen LogP contribution in [0.5, 0.6) is 0 Å². The van der Waals surface area contributed by atoms with Gasteiger partial charge in [0.2, 0.25) is 11.8 Å². The Balaban J connectivity index is 1.52. The largest absolute Gasteiger partial charge is 0.342 e. The number of likely N-dealkylation sites (tertiary alicyclic amines) is 1. The van der Waals surface area contributed by atoms with Crippen molar-refractivity contribution in [2.45, 2.75) is 44.6 Å². The van der Waals surface area contributed by atoms with Gasteiger partial charge in [0.15, 0.2) is 0 Å². The molecule has 1 aromatic carbocycles. The number of carbonyl (C=O) groups is 2. The highest BCUT2D eigenvalue weighted by Crippen LogP contribution is 2.25. The fourth-order valence-corrected chi connectivity index (χ4v) is 3.46. The molecule has 3 N–H and O–H groups in total. The van der Waals surface area contributed by atoms with Gasteiger partial charge in [-0.05, 0) is 49.8 Å². The van der Waals surface area contributed by atoms with E-state index in [0.29, 0.717) is 6.42 Å². The summed E-state index contributed by atoms with van der Waals surface area (Å²) in [6.45, 7) is 1.77. The number of nitrogens with zero attached hydrogens (tertiary/aromatic N) is 1. The van der Waals surface area contributed by atoms with E-state index in [2.05, 4.69) is 5.32 Å². The van der Waals surface area contributed by atoms with Gasteiger partial charge in [0.05, 0.1) is 6.42 Å². The summed E-state index contributed by atoms with van der Waals surface area (Å²) in [5, 5.41) is 2.95. The molecule has 1 aromatic rings. The third-order valence-corrected chi connectivity index (χ3v) is 4.88. The number of carbonyl (C=O) groups excluding carboxylic acids is 2. The van der Waals surface area contributed by atoms with Crippen molar-refractivity contribution >= 4 is 17.5 Å². The summed E-state index contributed by atoms with van der Waals surface area (Å²) in [6, 6.07) is 7.75. The Morgan fingerprint density at radius 1 is 1.13 bits per heavy atom. The van der Waals surface area contributed by atoms with Crippen LogP contribution in [0.3, 0.4) is 0 Å². The Morgan fingerprint density at radius 2 is 1.83 bits per heavy atom. The van der Waals surface area contributed by atoms with E-state index >= 15 is 0 Å². The van der Waals surface area contributed by atoms with Gasteiger partial charge in [0, 0.05) is 30.7 Å². The van der Waals surface area contributed by atoms with E-state index in [1.807, 2.05) is 29.2 Å². The third-order valence-electron chi connectivity index (χ3n) is 4.88. The molecule has 0 aromatic heterocycles. The lowest BCUT2D eigenvalue weighted by molar-refractivity contribution is -0.129. The fraction of sp³-hybridized carbons (Fsp3) is 0.556. The zero-order valence-corrected chi connectivity index (χ0v) is 13.5. The number of rotatable bonds is 4. The minimum atomic E-state index is 0.0291. The number of nitrogens with one attached hydrogen (secondary N) is 1. The number of hydrogen-bond acceptors (Lipinski definition) is 3. The number of hydrogen-bond donors (Lipinski definition) is 2. The highest BCUT2D eigenvalue weighted by Gasteiger charge is 2.27. The predicted octanol–water partition coefficient (Wildman–Crippen LogP) is 1.92. The number of anilines is 1. The Labute approximate surface area is 137 Å². The zero-order valence-electron chi connectivity index (χ0n) is 13.5. The molecule has 2 atom stereocenters. The van der Waals surface area contributed by atoms with Crippen molar-refractivity contribution in [1.82, 2.24) is 4.90 Å². The minimum Gasteiger partial charge on any atom is -0.342 e. The third kappa shape index (κ3) is 4.10. The van der Waals surface area contributed by atoms with Gasteiger partial charge >= 0.3 is 0 Å². The fourth-order valence-electron chi connectivity index (χ4n) is 3.46. The number of benzene rings is 1. The predicted molar refractivity (Wildman–Crippen MR) is 89.9 cm³/mol. The number of nitrogens with two attached hydrogens (primary N) is 1. The van der Waals surface area contributed by atoms with Crippen LogP contribution in [0.2, 0.25) is 0 Å². The maximum atomic E-state index is 12.2. The molecule has 124 valence electrons. The first-order valence-electron chi connectivity index (χ1n) is 8.55. The summed E-state index contributed by atoms with van der Waals surface area (Å²) in [6.07, 6.45) is 5.23. The second-order valence-corrected chi connectivity index (χ2v) is 6.72. The SMILES string of the molecule is N[C@H]1CC[C@@H](C(=O)Nc2ccc(CC(=O)N3CCCC3)cc2)C1. The van der Waals surface area contributed by atoms with Gasteiger partial charge in [0.25, 0.3) is 0 Å². The second kappa shape index (κ2) is 7.13. The molecule has 2 aliphatic rings. The van der Waals surface area contributed by atoms with E-state index in [-0.39, 0.29) is 23.8 Å². The van der Waals surface area contributed by atoms with Gasteiger partial charge in [-0.2, -0.15) is 0 Å². The van der Waals surface area contributed by atoms with Gasteiger partial charge in [-0.15, -0.1) is 0 Å². The first-order chi connectivity index (χ1) is 11.1. The topological polar surface area (TPSA) is 75.4 Å². The quantitative estimate of drug-likeness (QED) is 0.891. The smallest absolute Gasteiger partial charge is 0.227 e. The lowest BCUT2D eigenvalue weighted by Gasteiger charge is -2.15. The highest BCUT2D eigenvalue weighted by molar-refractivity contribution is 5.92. The van der Waals surface area contributed by atoms with Crippen molar-refractivity contribution in [1.29, 1.82) is 0 Å². The summed E-state index contributed by atoms with van der Waals surface area (Å²) in [4.78, 5) is 26.2. The molecule has 5 heteroatoms. The first kappa shape index (κ1) is 16.0. The summed E-state index contributed by atoms with van der Waals surface area (Å²) < 4.78 is 0. The van der Waals surface area contributed by atoms with Crippen LogP contribution in [0.15, 0.2) is 24.3 Å². The first-order valence-corrected chi connectivity index (χ1v) is 8.55. The molecule has 2 fully saturated rings. The normalized spacial score (nSPS) is 24.0. The average molecular weight is 315 g/mol. The summed E-state index contributed by atoms with van der Waals surface area (Å²) >= 11 is 0. The van der Waals surface area contributed by atoms with E-state index in [1.54, 1.807) is 0 Å². The summed E-state index contributed by atoms with van der Waals surface area (Å²) in [7, 11) is 0. The molecule has 3 rings (SSSR count). The van der Waals surface area contributed by atoms with E-state index < -0.39 is 0 Å². The van der Waals surface area contributed by atoms with Crippen LogP contribution in [0, 0.1) is 5.92 Å². The van der Waals surface area contributed by atoms with E-state index in [0.717, 1.165) is 56.4 Å². The van der Waals surface area contributed by atoms with E-state index in [9.17, 15) is 9.59 Å². The molecular weight excluding hydrogens is 290 g/mol. The molecule has 2 amide bonds. The lowest BCUT2D eigenvalue weighted by Crippen LogP contribution is -2.29. The van der Waals surface area contributed by atoms with Gasteiger partial charge in [0.1, 0.15) is 0 Å². The minimum absolute atomic E-state index is 0.0291. The average Bonchev–Trinajstić information content (AvgIpc) is 3.20. The maximum absolute atomic E-state index is 12.2. The maximum Gasteiger partial charge on any atom is 0.227 e. The van der Waals surface area contributed by atoms with Crippen LogP contribution >= 0.6 is 0 Å². The molecule has 1 saturated carbocycles. The lowest BCUT2D eigenvalue weighted by atomic mass is 10.1. The van der Waals surface area contributed by atoms with Crippen LogP contribution in [0.4, 0.5) is 5.69 Å². The molecule has 1 heterocycles. The van der Waals surface area contributed by atoms with Crippen LogP contribution < -0.4 is 11.1 Å². The molecule has 1 aliphatic carbocycles. The van der Waals surface area contributed by atoms with Gasteiger partial charge in [-0.25, -0.2) is 0 Å². The van der Waals surface area contributed by atoms with Crippen molar-refractivity contribution in [3.63, 3.8) is 0 Å². The van der Waals surface area contributed by atoms with Crippen molar-refractivity contribution in [3.05, 3.63) is 29.8 Å². The van der Waals surface area contributed by atoms with E-state index in [4.69, 9.17) is 5.73 Å². The standard InChI is InChI=1S/C18H25N3O2/c19-15-6-5-14(12-15)18(23)20-16-7-3-13(4-8-16)11-17(22)21-9-1-2-10-21/h3-4,7-8,14-15H,1-2,5-6,9-12,19H2,(H,20,23)/t14-,15+/m1/s1. The van der Waals surface area contributed by atoms with Crippen LogP contribution in [0.1, 0.15) is 37.7 Å². The molecule has 0 spiro atoms. The van der Waals surface area contributed by atoms with Crippen molar-refractivity contribution in [3.8, 4) is 0 Å². The molecule has 23 heavy (non-hydrogen) atoms. The molecule has 1 aliphatic heterocycles. The zero-order chi connectivity index (χ0) is 16.2. The molecule has 5 nitrogen and oxygen atoms in total. The monoisotopic (exact) mass is 315 g/mol. The summed E-state index contributed by atoms with van der Waals surface area (Å²) in [5.74, 6) is 0.277. The molecule has 1 saturated heterocycles. The Kier molecular flexibility index (Phi) is 4.96. The van der Waals surface area contributed by atoms with Crippen LogP contribution in [-0.4, -0.2) is 35.8 Å². The van der Waals surface area contributed by atoms with Crippen molar-refractivity contribution in [2.75, 3.05) is 18.4 Å². The highest BCUT2D eigenvalue weighted by atomic mass is 16.2. The molecular formula is C18H25N3O2. The second-order valence-electron chi connectivity index (χ2n) is 6.72. The van der Waals surface area contributed by atoms with Gasteiger partial charge in [-0.3, -0.25) is 9.59 Å². The molecule has 0 unspecified atom stereocenters. The Morgan fingerprint density at radius 3 is 2.43 bits per heavy atom.